The standard InChI is InChI=1S/C10H8N2OS/c13-9-4-2-1-3-8(9)7-11-10-5-6-12-14-10/h1-7,13H. The Hall–Kier alpha value is -1.68. The van der Waals surface area contributed by atoms with Gasteiger partial charge < -0.3 is 5.11 Å². The SMILES string of the molecule is Oc1ccccc1C=Nc1ccns1. The van der Waals surface area contributed by atoms with Crippen LogP contribution in [0.15, 0.2) is 41.5 Å². The third kappa shape index (κ3) is 1.97. The van der Waals surface area contributed by atoms with Crippen LogP contribution in [0, 0.1) is 0 Å². The van der Waals surface area contributed by atoms with Crippen LogP contribution in [0.1, 0.15) is 5.56 Å². The van der Waals surface area contributed by atoms with Crippen LogP contribution in [0.3, 0.4) is 0 Å². The molecule has 1 N–H and O–H groups in total. The molecule has 3 nitrogen and oxygen atoms in total. The van der Waals surface area contributed by atoms with Gasteiger partial charge in [0.2, 0.25) is 0 Å². The summed E-state index contributed by atoms with van der Waals surface area (Å²) in [6, 6.07) is 8.89. The lowest BCUT2D eigenvalue weighted by molar-refractivity contribution is 0.474. The minimum Gasteiger partial charge on any atom is -0.507 e. The van der Waals surface area contributed by atoms with Gasteiger partial charge in [0.05, 0.1) is 0 Å². The highest BCUT2D eigenvalue weighted by Crippen LogP contribution is 2.18. The molecule has 14 heavy (non-hydrogen) atoms. The van der Waals surface area contributed by atoms with E-state index in [1.54, 1.807) is 30.6 Å². The second-order valence-electron chi connectivity index (χ2n) is 2.67. The molecule has 2 rings (SSSR count). The molecule has 0 saturated heterocycles. The summed E-state index contributed by atoms with van der Waals surface area (Å²) < 4.78 is 3.92. The van der Waals surface area contributed by atoms with Crippen molar-refractivity contribution < 1.29 is 5.11 Å². The highest BCUT2D eigenvalue weighted by atomic mass is 32.1. The number of para-hydroxylation sites is 1. The van der Waals surface area contributed by atoms with Crippen molar-refractivity contribution in [3.05, 3.63) is 42.1 Å². The van der Waals surface area contributed by atoms with Gasteiger partial charge in [0, 0.05) is 18.0 Å². The van der Waals surface area contributed by atoms with Crippen LogP contribution in [0.25, 0.3) is 0 Å². The van der Waals surface area contributed by atoms with Crippen LogP contribution < -0.4 is 0 Å². The first-order chi connectivity index (χ1) is 6.86. The zero-order valence-electron chi connectivity index (χ0n) is 7.29. The van der Waals surface area contributed by atoms with Gasteiger partial charge in [-0.1, -0.05) is 12.1 Å². The van der Waals surface area contributed by atoms with Crippen molar-refractivity contribution in [1.82, 2.24) is 4.37 Å². The Morgan fingerprint density at radius 2 is 2.14 bits per heavy atom. The molecule has 0 fully saturated rings. The lowest BCUT2D eigenvalue weighted by Gasteiger charge is -1.95. The molecular weight excluding hydrogens is 196 g/mol. The van der Waals surface area contributed by atoms with Gasteiger partial charge in [-0.05, 0) is 29.7 Å². The number of hydrogen-bond donors (Lipinski definition) is 1. The molecule has 0 aliphatic carbocycles. The molecule has 1 aromatic carbocycles. The maximum Gasteiger partial charge on any atom is 0.136 e. The molecular formula is C10H8N2OS. The Kier molecular flexibility index (Phi) is 2.55. The van der Waals surface area contributed by atoms with Crippen LogP contribution in [-0.4, -0.2) is 15.7 Å². The van der Waals surface area contributed by atoms with Gasteiger partial charge in [-0.2, -0.15) is 4.37 Å². The highest BCUT2D eigenvalue weighted by molar-refractivity contribution is 7.09. The van der Waals surface area contributed by atoms with Crippen molar-refractivity contribution in [2.75, 3.05) is 0 Å². The number of aliphatic imine (C=N–C) groups is 1. The van der Waals surface area contributed by atoms with Crippen molar-refractivity contribution in [2.45, 2.75) is 0 Å². The first-order valence-electron chi connectivity index (χ1n) is 4.09. The van der Waals surface area contributed by atoms with Crippen molar-refractivity contribution in [3.8, 4) is 5.75 Å². The summed E-state index contributed by atoms with van der Waals surface area (Å²) in [4.78, 5) is 4.17. The van der Waals surface area contributed by atoms with Gasteiger partial charge in [0.1, 0.15) is 10.8 Å². The van der Waals surface area contributed by atoms with Gasteiger partial charge >= 0.3 is 0 Å². The number of phenolic OH excluding ortho intramolecular Hbond substituents is 1. The topological polar surface area (TPSA) is 45.5 Å². The van der Waals surface area contributed by atoms with Crippen LogP contribution in [0.5, 0.6) is 5.75 Å². The van der Waals surface area contributed by atoms with E-state index in [9.17, 15) is 5.11 Å². The number of phenols is 1. The minimum atomic E-state index is 0.237. The van der Waals surface area contributed by atoms with E-state index in [-0.39, 0.29) is 5.75 Å². The number of benzene rings is 1. The Morgan fingerprint density at radius 3 is 2.86 bits per heavy atom. The normalized spacial score (nSPS) is 10.9. The average Bonchev–Trinajstić information content (AvgIpc) is 2.69. The minimum absolute atomic E-state index is 0.237. The Labute approximate surface area is 85.5 Å². The molecule has 0 atom stereocenters. The molecule has 0 bridgehead atoms. The van der Waals surface area contributed by atoms with Gasteiger partial charge in [-0.25, -0.2) is 4.99 Å². The fraction of sp³-hybridized carbons (Fsp3) is 0. The first kappa shape index (κ1) is 8.90. The predicted octanol–water partition coefficient (Wildman–Crippen LogP) is 2.60. The summed E-state index contributed by atoms with van der Waals surface area (Å²) in [6.07, 6.45) is 3.32. The zero-order valence-corrected chi connectivity index (χ0v) is 8.11. The van der Waals surface area contributed by atoms with Crippen molar-refractivity contribution in [2.24, 2.45) is 4.99 Å². The number of aromatic hydroxyl groups is 1. The molecule has 0 amide bonds. The quantitative estimate of drug-likeness (QED) is 0.764. The van der Waals surface area contributed by atoms with Gasteiger partial charge in [0.25, 0.3) is 0 Å². The Bertz CT molecular complexity index is 437. The Balaban J connectivity index is 2.23. The molecule has 1 aromatic heterocycles. The largest absolute Gasteiger partial charge is 0.507 e. The van der Waals surface area contributed by atoms with E-state index in [1.807, 2.05) is 12.1 Å². The molecule has 0 spiro atoms. The predicted molar refractivity (Wildman–Crippen MR) is 57.5 cm³/mol. The lowest BCUT2D eigenvalue weighted by atomic mass is 10.2. The van der Waals surface area contributed by atoms with Gasteiger partial charge in [-0.15, -0.1) is 0 Å². The number of nitrogens with zero attached hydrogens (tertiary/aromatic N) is 2. The van der Waals surface area contributed by atoms with Crippen molar-refractivity contribution in [3.63, 3.8) is 0 Å². The molecule has 1 heterocycles. The van der Waals surface area contributed by atoms with Crippen LogP contribution >= 0.6 is 11.5 Å². The Morgan fingerprint density at radius 1 is 1.29 bits per heavy atom. The van der Waals surface area contributed by atoms with Gasteiger partial charge in [0.15, 0.2) is 0 Å². The van der Waals surface area contributed by atoms with E-state index in [0.717, 1.165) is 5.00 Å². The second-order valence-corrected chi connectivity index (χ2v) is 3.48. The van der Waals surface area contributed by atoms with Crippen LogP contribution in [-0.2, 0) is 0 Å². The highest BCUT2D eigenvalue weighted by Gasteiger charge is 1.95. The van der Waals surface area contributed by atoms with Crippen molar-refractivity contribution in [1.29, 1.82) is 0 Å². The fourth-order valence-electron chi connectivity index (χ4n) is 1.01. The van der Waals surface area contributed by atoms with E-state index in [1.165, 1.54) is 11.5 Å². The molecule has 0 aliphatic rings. The molecule has 70 valence electrons. The molecule has 0 radical (unpaired) electrons. The monoisotopic (exact) mass is 204 g/mol. The maximum absolute atomic E-state index is 9.44. The van der Waals surface area contributed by atoms with Crippen molar-refractivity contribution >= 4 is 22.7 Å². The molecule has 0 unspecified atom stereocenters. The van der Waals surface area contributed by atoms with Gasteiger partial charge in [-0.3, -0.25) is 0 Å². The molecule has 0 aliphatic heterocycles. The number of aromatic nitrogens is 1. The van der Waals surface area contributed by atoms with E-state index < -0.39 is 0 Å². The summed E-state index contributed by atoms with van der Waals surface area (Å²) in [6.45, 7) is 0. The summed E-state index contributed by atoms with van der Waals surface area (Å²) >= 11 is 1.32. The fourth-order valence-corrected chi connectivity index (χ4v) is 1.46. The lowest BCUT2D eigenvalue weighted by Crippen LogP contribution is -1.79. The molecule has 2 aromatic rings. The smallest absolute Gasteiger partial charge is 0.136 e. The zero-order chi connectivity index (χ0) is 9.80. The molecule has 0 saturated carbocycles. The van der Waals surface area contributed by atoms with E-state index in [0.29, 0.717) is 5.56 Å². The third-order valence-corrected chi connectivity index (χ3v) is 2.35. The maximum atomic E-state index is 9.44. The van der Waals surface area contributed by atoms with Crippen LogP contribution in [0.4, 0.5) is 5.00 Å². The number of hydrogen-bond acceptors (Lipinski definition) is 4. The average molecular weight is 204 g/mol. The number of rotatable bonds is 2. The first-order valence-corrected chi connectivity index (χ1v) is 4.86. The van der Waals surface area contributed by atoms with E-state index in [2.05, 4.69) is 9.37 Å². The summed E-state index contributed by atoms with van der Waals surface area (Å²) in [5, 5.41) is 10.3. The van der Waals surface area contributed by atoms with E-state index in [4.69, 9.17) is 0 Å². The van der Waals surface area contributed by atoms with Crippen LogP contribution in [0.2, 0.25) is 0 Å². The summed E-state index contributed by atoms with van der Waals surface area (Å²) in [5.41, 5.74) is 0.709. The third-order valence-electron chi connectivity index (χ3n) is 1.69. The summed E-state index contributed by atoms with van der Waals surface area (Å²) in [7, 11) is 0. The summed E-state index contributed by atoms with van der Waals surface area (Å²) in [5.74, 6) is 0.237. The molecule has 4 heteroatoms. The van der Waals surface area contributed by atoms with E-state index >= 15 is 0 Å². The second kappa shape index (κ2) is 4.02.